The molecule has 0 aromatic heterocycles. The lowest BCUT2D eigenvalue weighted by atomic mass is 9.70. The second-order valence-corrected chi connectivity index (χ2v) is 16.3. The van der Waals surface area contributed by atoms with Crippen molar-refractivity contribution < 1.29 is 23.5 Å². The summed E-state index contributed by atoms with van der Waals surface area (Å²) in [7, 11) is -1.98. The summed E-state index contributed by atoms with van der Waals surface area (Å²) in [4.78, 5) is 24.4. The molecular weight excluding hydrogens is 408 g/mol. The zero-order valence-electron chi connectivity index (χ0n) is 21.1. The molecule has 178 valence electrons. The van der Waals surface area contributed by atoms with Gasteiger partial charge in [-0.3, -0.25) is 9.59 Å². The molecule has 2 fully saturated rings. The smallest absolute Gasteiger partial charge is 0.303 e. The van der Waals surface area contributed by atoms with Crippen LogP contribution in [-0.2, 0) is 23.5 Å². The SMILES string of the molecule is C=C([C@H](C)CO[Si](C(C)C)(C(C)C)C(C)C)[C@H]1C[C@@](C)(OC(C)=O)[C@H]2CCC(=O)[C@@H]1O2. The van der Waals surface area contributed by atoms with Crippen molar-refractivity contribution in [3.63, 3.8) is 0 Å². The number of rotatable bonds is 9. The number of hydrogen-bond acceptors (Lipinski definition) is 5. The van der Waals surface area contributed by atoms with E-state index in [0.717, 1.165) is 5.57 Å². The van der Waals surface area contributed by atoms with E-state index in [1.807, 2.05) is 6.92 Å². The van der Waals surface area contributed by atoms with E-state index in [9.17, 15) is 9.59 Å². The van der Waals surface area contributed by atoms with Crippen LogP contribution in [0.15, 0.2) is 12.2 Å². The largest absolute Gasteiger partial charge is 0.457 e. The van der Waals surface area contributed by atoms with Crippen LogP contribution in [0.4, 0.5) is 0 Å². The fraction of sp³-hybridized carbons (Fsp3) is 0.840. The van der Waals surface area contributed by atoms with E-state index < -0.39 is 20.0 Å². The molecule has 0 aromatic rings. The highest BCUT2D eigenvalue weighted by atomic mass is 28.4. The maximum Gasteiger partial charge on any atom is 0.303 e. The molecule has 0 spiro atoms. The number of esters is 1. The predicted octanol–water partition coefficient (Wildman–Crippen LogP) is 5.83. The summed E-state index contributed by atoms with van der Waals surface area (Å²) in [6.07, 6.45) is 0.905. The molecule has 2 rings (SSSR count). The van der Waals surface area contributed by atoms with E-state index in [-0.39, 0.29) is 29.7 Å². The molecule has 2 bridgehead atoms. The standard InChI is InChI=1S/C25H44O5Si/c1-15(2)31(16(3)4,17(5)6)28-14-18(7)19(8)21-13-25(10,30-20(9)26)23-12-11-22(27)24(21)29-23/h15-18,21,23-24H,8,11-14H2,1-7,9-10H3/t18-,21-,23-,24-,25-/m1/s1. The molecule has 0 N–H and O–H groups in total. The minimum Gasteiger partial charge on any atom is -0.457 e. The molecule has 5 atom stereocenters. The van der Waals surface area contributed by atoms with Gasteiger partial charge < -0.3 is 13.9 Å². The maximum atomic E-state index is 12.7. The third-order valence-electron chi connectivity index (χ3n) is 7.73. The van der Waals surface area contributed by atoms with Gasteiger partial charge >= 0.3 is 5.97 Å². The van der Waals surface area contributed by atoms with E-state index in [1.165, 1.54) is 6.92 Å². The lowest BCUT2D eigenvalue weighted by Gasteiger charge is -2.50. The minimum absolute atomic E-state index is 0.0876. The first kappa shape index (κ1) is 26.3. The highest BCUT2D eigenvalue weighted by molar-refractivity contribution is 6.77. The molecule has 5 nitrogen and oxygen atoms in total. The monoisotopic (exact) mass is 452 g/mol. The van der Waals surface area contributed by atoms with Crippen molar-refractivity contribution in [2.75, 3.05) is 6.61 Å². The molecule has 0 unspecified atom stereocenters. The van der Waals surface area contributed by atoms with Gasteiger partial charge in [0.2, 0.25) is 0 Å². The van der Waals surface area contributed by atoms with Crippen LogP contribution in [0.25, 0.3) is 0 Å². The van der Waals surface area contributed by atoms with E-state index >= 15 is 0 Å². The Morgan fingerprint density at radius 1 is 1.16 bits per heavy atom. The van der Waals surface area contributed by atoms with Gasteiger partial charge in [-0.2, -0.15) is 0 Å². The van der Waals surface area contributed by atoms with Crippen molar-refractivity contribution >= 4 is 20.1 Å². The van der Waals surface area contributed by atoms with E-state index in [1.54, 1.807) is 0 Å². The number of Topliss-reactive ketones (excluding diaryl/α,β-unsaturated/α-hetero) is 1. The minimum atomic E-state index is -1.98. The molecule has 0 amide bonds. The Hall–Kier alpha value is -0.983. The van der Waals surface area contributed by atoms with Gasteiger partial charge in [0, 0.05) is 25.9 Å². The summed E-state index contributed by atoms with van der Waals surface area (Å²) >= 11 is 0. The van der Waals surface area contributed by atoms with E-state index in [4.69, 9.17) is 13.9 Å². The number of fused-ring (bicyclic) bond motifs is 2. The Bertz CT molecular complexity index is 664. The van der Waals surface area contributed by atoms with Gasteiger partial charge in [-0.25, -0.2) is 0 Å². The molecule has 0 saturated carbocycles. The Balaban J connectivity index is 2.21. The first-order valence-electron chi connectivity index (χ1n) is 12.0. The molecule has 0 aliphatic carbocycles. The van der Waals surface area contributed by atoms with Crippen LogP contribution >= 0.6 is 0 Å². The van der Waals surface area contributed by atoms with E-state index in [0.29, 0.717) is 42.5 Å². The van der Waals surface area contributed by atoms with Crippen molar-refractivity contribution in [3.8, 4) is 0 Å². The summed E-state index contributed by atoms with van der Waals surface area (Å²) in [5, 5.41) is 0. The quantitative estimate of drug-likeness (QED) is 0.250. The van der Waals surface area contributed by atoms with Crippen molar-refractivity contribution in [1.82, 2.24) is 0 Å². The van der Waals surface area contributed by atoms with Crippen LogP contribution in [0.2, 0.25) is 16.6 Å². The van der Waals surface area contributed by atoms with Gasteiger partial charge in [0.1, 0.15) is 11.7 Å². The number of carbonyl (C=O) groups is 2. The van der Waals surface area contributed by atoms with Crippen LogP contribution in [0.1, 0.15) is 81.6 Å². The van der Waals surface area contributed by atoms with Gasteiger partial charge in [0.15, 0.2) is 14.1 Å². The van der Waals surface area contributed by atoms with Gasteiger partial charge in [0.05, 0.1) is 6.10 Å². The van der Waals surface area contributed by atoms with Crippen LogP contribution < -0.4 is 0 Å². The Labute approximate surface area is 190 Å². The van der Waals surface area contributed by atoms with Gasteiger partial charge in [-0.15, -0.1) is 0 Å². The zero-order chi connectivity index (χ0) is 23.7. The van der Waals surface area contributed by atoms with Crippen molar-refractivity contribution in [2.24, 2.45) is 11.8 Å². The summed E-state index contributed by atoms with van der Waals surface area (Å²) in [5.74, 6) is -0.260. The summed E-state index contributed by atoms with van der Waals surface area (Å²) in [6, 6.07) is 0. The molecular formula is C25H44O5Si. The maximum absolute atomic E-state index is 12.7. The number of ketones is 1. The zero-order valence-corrected chi connectivity index (χ0v) is 22.1. The average molecular weight is 453 g/mol. The first-order chi connectivity index (χ1) is 14.3. The summed E-state index contributed by atoms with van der Waals surface area (Å²) in [6.45, 7) is 24.2. The molecule has 0 aromatic carbocycles. The van der Waals surface area contributed by atoms with Gasteiger partial charge in [-0.1, -0.05) is 60.6 Å². The molecule has 2 saturated heterocycles. The Morgan fingerprint density at radius 3 is 2.19 bits per heavy atom. The molecule has 0 radical (unpaired) electrons. The van der Waals surface area contributed by atoms with Crippen molar-refractivity contribution in [2.45, 2.75) is 116 Å². The number of hydrogen-bond donors (Lipinski definition) is 0. The number of ether oxygens (including phenoxy) is 2. The van der Waals surface area contributed by atoms with Crippen LogP contribution in [0.3, 0.4) is 0 Å². The lowest BCUT2D eigenvalue weighted by molar-refractivity contribution is -0.219. The lowest BCUT2D eigenvalue weighted by Crippen LogP contribution is -2.59. The average Bonchev–Trinajstić information content (AvgIpc) is 2.64. The van der Waals surface area contributed by atoms with Crippen LogP contribution in [-0.4, -0.2) is 44.5 Å². The van der Waals surface area contributed by atoms with Crippen LogP contribution in [0, 0.1) is 11.8 Å². The summed E-state index contributed by atoms with van der Waals surface area (Å²) in [5.41, 5.74) is 1.77. The topological polar surface area (TPSA) is 61.8 Å². The normalized spacial score (nSPS) is 30.1. The second-order valence-electron chi connectivity index (χ2n) is 10.9. The van der Waals surface area contributed by atoms with E-state index in [2.05, 4.69) is 55.0 Å². The molecule has 2 aliphatic heterocycles. The van der Waals surface area contributed by atoms with Gasteiger partial charge in [0.25, 0.3) is 0 Å². The number of carbonyl (C=O) groups excluding carboxylic acids is 2. The highest BCUT2D eigenvalue weighted by Crippen LogP contribution is 2.46. The Morgan fingerprint density at radius 2 is 1.71 bits per heavy atom. The third kappa shape index (κ3) is 5.17. The fourth-order valence-corrected chi connectivity index (χ4v) is 11.7. The van der Waals surface area contributed by atoms with Crippen LogP contribution in [0.5, 0.6) is 0 Å². The molecule has 31 heavy (non-hydrogen) atoms. The summed E-state index contributed by atoms with van der Waals surface area (Å²) < 4.78 is 18.7. The van der Waals surface area contributed by atoms with Gasteiger partial charge in [-0.05, 0) is 42.3 Å². The molecule has 6 heteroatoms. The third-order valence-corrected chi connectivity index (χ3v) is 13.8. The highest BCUT2D eigenvalue weighted by Gasteiger charge is 2.53. The van der Waals surface area contributed by atoms with Crippen molar-refractivity contribution in [1.29, 1.82) is 0 Å². The fourth-order valence-electron chi connectivity index (χ4n) is 6.18. The second kappa shape index (κ2) is 9.88. The van der Waals surface area contributed by atoms with Crippen molar-refractivity contribution in [3.05, 3.63) is 12.2 Å². The Kier molecular flexibility index (Phi) is 8.37. The predicted molar refractivity (Wildman–Crippen MR) is 126 cm³/mol. The first-order valence-corrected chi connectivity index (χ1v) is 14.1. The molecule has 2 heterocycles. The molecule has 2 aliphatic rings.